The van der Waals surface area contributed by atoms with E-state index in [2.05, 4.69) is 61.2 Å². The topological polar surface area (TPSA) is 37.8 Å². The first-order chi connectivity index (χ1) is 9.15. The third-order valence-electron chi connectivity index (χ3n) is 3.19. The molecule has 0 aliphatic heterocycles. The van der Waals surface area contributed by atoms with Crippen molar-refractivity contribution in [3.05, 3.63) is 41.1 Å². The van der Waals surface area contributed by atoms with E-state index in [1.54, 1.807) is 0 Å². The number of benzene rings is 1. The van der Waals surface area contributed by atoms with Gasteiger partial charge in [0.2, 0.25) is 0 Å². The quantitative estimate of drug-likeness (QED) is 0.904. The van der Waals surface area contributed by atoms with E-state index in [1.807, 2.05) is 6.07 Å². The van der Waals surface area contributed by atoms with E-state index in [-0.39, 0.29) is 0 Å². The molecule has 0 aliphatic rings. The molecule has 19 heavy (non-hydrogen) atoms. The predicted octanol–water partition coefficient (Wildman–Crippen LogP) is 3.75. The third-order valence-corrected chi connectivity index (χ3v) is 3.19. The van der Waals surface area contributed by atoms with Gasteiger partial charge < -0.3 is 5.32 Å². The molecule has 0 bridgehead atoms. The number of hydrogen-bond donors (Lipinski definition) is 1. The molecule has 1 heterocycles. The summed E-state index contributed by atoms with van der Waals surface area (Å²) in [6.45, 7) is 9.24. The molecule has 0 aliphatic carbocycles. The summed E-state index contributed by atoms with van der Waals surface area (Å²) in [7, 11) is 0. The summed E-state index contributed by atoms with van der Waals surface area (Å²) in [5, 5.41) is 3.34. The van der Waals surface area contributed by atoms with Crippen molar-refractivity contribution >= 4 is 5.82 Å². The molecule has 0 saturated heterocycles. The van der Waals surface area contributed by atoms with Crippen molar-refractivity contribution in [3.63, 3.8) is 0 Å². The van der Waals surface area contributed by atoms with Crippen molar-refractivity contribution in [1.29, 1.82) is 0 Å². The molecule has 3 heteroatoms. The Balaban J connectivity index is 2.53. The lowest BCUT2D eigenvalue weighted by Crippen LogP contribution is -2.08. The van der Waals surface area contributed by atoms with E-state index in [0.717, 1.165) is 35.9 Å². The highest BCUT2D eigenvalue weighted by Gasteiger charge is 2.10. The fraction of sp³-hybridized carbons (Fsp3) is 0.375. The summed E-state index contributed by atoms with van der Waals surface area (Å²) in [4.78, 5) is 9.33. The highest BCUT2D eigenvalue weighted by molar-refractivity contribution is 5.60. The Morgan fingerprint density at radius 3 is 2.53 bits per heavy atom. The lowest BCUT2D eigenvalue weighted by molar-refractivity contribution is 0.989. The van der Waals surface area contributed by atoms with Crippen LogP contribution in [0.3, 0.4) is 0 Å². The molecule has 1 aromatic carbocycles. The van der Waals surface area contributed by atoms with Gasteiger partial charge >= 0.3 is 0 Å². The van der Waals surface area contributed by atoms with Gasteiger partial charge in [0.05, 0.1) is 0 Å². The molecule has 2 aromatic rings. The zero-order chi connectivity index (χ0) is 13.8. The molecule has 0 amide bonds. The van der Waals surface area contributed by atoms with Crippen LogP contribution in [-0.4, -0.2) is 16.5 Å². The van der Waals surface area contributed by atoms with Gasteiger partial charge in [-0.15, -0.1) is 0 Å². The van der Waals surface area contributed by atoms with Crippen LogP contribution >= 0.6 is 0 Å². The van der Waals surface area contributed by atoms with Crippen LogP contribution in [0.15, 0.2) is 24.3 Å². The van der Waals surface area contributed by atoms with E-state index in [0.29, 0.717) is 0 Å². The number of rotatable bonds is 4. The third kappa shape index (κ3) is 2.92. The largest absolute Gasteiger partial charge is 0.370 e. The molecular formula is C16H21N3. The standard InChI is InChI=1S/C16H21N3/c1-5-14-12(4)18-15(19-16(14)17-6-2)13-9-7-8-11(3)10-13/h7-10H,5-6H2,1-4H3,(H,17,18,19). The summed E-state index contributed by atoms with van der Waals surface area (Å²) in [6, 6.07) is 8.31. The first kappa shape index (κ1) is 13.5. The number of nitrogens with zero attached hydrogens (tertiary/aromatic N) is 2. The van der Waals surface area contributed by atoms with Crippen LogP contribution in [0.25, 0.3) is 11.4 Å². The molecular weight excluding hydrogens is 234 g/mol. The van der Waals surface area contributed by atoms with Gasteiger partial charge in [0.15, 0.2) is 5.82 Å². The lowest BCUT2D eigenvalue weighted by atomic mass is 10.1. The van der Waals surface area contributed by atoms with Crippen LogP contribution in [0.5, 0.6) is 0 Å². The van der Waals surface area contributed by atoms with Crippen LogP contribution in [0, 0.1) is 13.8 Å². The van der Waals surface area contributed by atoms with Crippen molar-refractivity contribution in [2.24, 2.45) is 0 Å². The fourth-order valence-corrected chi connectivity index (χ4v) is 2.25. The average molecular weight is 255 g/mol. The Labute approximate surface area is 115 Å². The summed E-state index contributed by atoms with van der Waals surface area (Å²) in [5.41, 5.74) is 4.57. The van der Waals surface area contributed by atoms with Crippen LogP contribution in [0.2, 0.25) is 0 Å². The number of hydrogen-bond acceptors (Lipinski definition) is 3. The predicted molar refractivity (Wildman–Crippen MR) is 80.5 cm³/mol. The Morgan fingerprint density at radius 2 is 1.89 bits per heavy atom. The number of aryl methyl sites for hydroxylation is 2. The van der Waals surface area contributed by atoms with Crippen LogP contribution in [0.1, 0.15) is 30.7 Å². The molecule has 0 spiro atoms. The highest BCUT2D eigenvalue weighted by Crippen LogP contribution is 2.23. The SMILES string of the molecule is CCNc1nc(-c2cccc(C)c2)nc(C)c1CC. The zero-order valence-corrected chi connectivity index (χ0v) is 12.1. The fourth-order valence-electron chi connectivity index (χ4n) is 2.25. The van der Waals surface area contributed by atoms with Gasteiger partial charge in [-0.2, -0.15) is 0 Å². The highest BCUT2D eigenvalue weighted by atomic mass is 15.0. The smallest absolute Gasteiger partial charge is 0.161 e. The van der Waals surface area contributed by atoms with Gasteiger partial charge in [-0.3, -0.25) is 0 Å². The van der Waals surface area contributed by atoms with Gasteiger partial charge in [-0.1, -0.05) is 30.7 Å². The molecule has 1 N–H and O–H groups in total. The first-order valence-electron chi connectivity index (χ1n) is 6.84. The second kappa shape index (κ2) is 5.83. The van der Waals surface area contributed by atoms with Crippen molar-refractivity contribution in [3.8, 4) is 11.4 Å². The summed E-state index contributed by atoms with van der Waals surface area (Å²) in [5.74, 6) is 1.77. The minimum absolute atomic E-state index is 0.800. The van der Waals surface area contributed by atoms with Crippen molar-refractivity contribution < 1.29 is 0 Å². The molecule has 0 saturated carbocycles. The van der Waals surface area contributed by atoms with E-state index in [1.165, 1.54) is 11.1 Å². The van der Waals surface area contributed by atoms with Crippen molar-refractivity contribution in [1.82, 2.24) is 9.97 Å². The normalized spacial score (nSPS) is 10.5. The maximum absolute atomic E-state index is 4.68. The molecule has 1 aromatic heterocycles. The number of nitrogens with one attached hydrogen (secondary N) is 1. The van der Waals surface area contributed by atoms with E-state index < -0.39 is 0 Å². The second-order valence-electron chi connectivity index (χ2n) is 4.71. The van der Waals surface area contributed by atoms with Gasteiger partial charge in [0.25, 0.3) is 0 Å². The van der Waals surface area contributed by atoms with E-state index >= 15 is 0 Å². The second-order valence-corrected chi connectivity index (χ2v) is 4.71. The minimum Gasteiger partial charge on any atom is -0.370 e. The molecule has 0 fully saturated rings. The van der Waals surface area contributed by atoms with Crippen LogP contribution in [0.4, 0.5) is 5.82 Å². The zero-order valence-electron chi connectivity index (χ0n) is 12.1. The number of anilines is 1. The average Bonchev–Trinajstić information content (AvgIpc) is 2.39. The monoisotopic (exact) mass is 255 g/mol. The maximum Gasteiger partial charge on any atom is 0.161 e. The van der Waals surface area contributed by atoms with Gasteiger partial charge in [0, 0.05) is 23.4 Å². The van der Waals surface area contributed by atoms with E-state index in [9.17, 15) is 0 Å². The summed E-state index contributed by atoms with van der Waals surface area (Å²) in [6.07, 6.45) is 0.947. The number of aromatic nitrogens is 2. The Morgan fingerprint density at radius 1 is 1.11 bits per heavy atom. The van der Waals surface area contributed by atoms with Gasteiger partial charge in [-0.25, -0.2) is 9.97 Å². The summed E-state index contributed by atoms with van der Waals surface area (Å²) >= 11 is 0. The van der Waals surface area contributed by atoms with Gasteiger partial charge in [0.1, 0.15) is 5.82 Å². The van der Waals surface area contributed by atoms with Crippen molar-refractivity contribution in [2.75, 3.05) is 11.9 Å². The maximum atomic E-state index is 4.68. The first-order valence-corrected chi connectivity index (χ1v) is 6.84. The lowest BCUT2D eigenvalue weighted by Gasteiger charge is -2.13. The molecule has 2 rings (SSSR count). The molecule has 0 radical (unpaired) electrons. The Bertz CT molecular complexity index is 576. The Hall–Kier alpha value is -1.90. The molecule has 100 valence electrons. The Kier molecular flexibility index (Phi) is 4.15. The molecule has 3 nitrogen and oxygen atoms in total. The molecule has 0 atom stereocenters. The van der Waals surface area contributed by atoms with Crippen molar-refractivity contribution in [2.45, 2.75) is 34.1 Å². The minimum atomic E-state index is 0.800. The van der Waals surface area contributed by atoms with Crippen LogP contribution in [-0.2, 0) is 6.42 Å². The summed E-state index contributed by atoms with van der Waals surface area (Å²) < 4.78 is 0. The van der Waals surface area contributed by atoms with Crippen LogP contribution < -0.4 is 5.32 Å². The molecule has 0 unspecified atom stereocenters. The van der Waals surface area contributed by atoms with Gasteiger partial charge in [-0.05, 0) is 33.3 Å². The van der Waals surface area contributed by atoms with E-state index in [4.69, 9.17) is 0 Å².